The molecule has 8 aromatic rings. The van der Waals surface area contributed by atoms with Crippen LogP contribution in [0.2, 0.25) is 0 Å². The number of carbonyl (C=O) groups excluding carboxylic acids is 8. The molecule has 12 rings (SSSR count). The van der Waals surface area contributed by atoms with Crippen LogP contribution in [0.5, 0.6) is 0 Å². The Morgan fingerprint density at radius 2 is 0.463 bits per heavy atom. The van der Waals surface area contributed by atoms with E-state index in [1.807, 2.05) is 201 Å². The van der Waals surface area contributed by atoms with Gasteiger partial charge in [0.1, 0.15) is 0 Å². The van der Waals surface area contributed by atoms with E-state index in [1.54, 1.807) is 55.5 Å². The normalized spacial score (nSPS) is 11.7. The minimum Gasteiger partial charge on any atom is -0.430 e. The SMILES string of the molecule is CC.CC.CC.CC.CC.CC.CC.CC(C)C.CCN(CN1C(=O)c2cccc3cccc(c23)C1=O)C(C)C.[CH2-]C.[CH2-]N1C(=O)c2cccc3cccc(c23)C1=O.[CH2-]N1C(=O)c2cccc3cccc(c23)C1=O.[CH2-]N1C(=O)c2cccc3cccc(c23)C1=O.[CH3-].[CH3-].[Y].[Y].[Y]. The van der Waals surface area contributed by atoms with Gasteiger partial charge in [-0.05, 0) is 96.4 Å². The van der Waals surface area contributed by atoms with Gasteiger partial charge in [0, 0.05) is 170 Å². The van der Waals surface area contributed by atoms with Crippen molar-refractivity contribution in [2.24, 2.45) is 5.92 Å². The molecule has 8 aromatic carbocycles. The quantitative estimate of drug-likeness (QED) is 0.124. The molecule has 4 aliphatic heterocycles. The van der Waals surface area contributed by atoms with Crippen LogP contribution < -0.4 is 0 Å². The molecule has 511 valence electrons. The topological polar surface area (TPSA) is 153 Å². The van der Waals surface area contributed by atoms with E-state index in [0.29, 0.717) is 51.2 Å². The number of amides is 8. The van der Waals surface area contributed by atoms with Crippen LogP contribution in [0.1, 0.15) is 228 Å². The summed E-state index contributed by atoms with van der Waals surface area (Å²) in [6.07, 6.45) is 0. The first kappa shape index (κ1) is 101. The van der Waals surface area contributed by atoms with Gasteiger partial charge < -0.3 is 36.5 Å². The second-order valence-corrected chi connectivity index (χ2v) is 18.9. The fraction of sp³-hybridized carbons (Fsp3) is 0.316. The Morgan fingerprint density at radius 3 is 0.600 bits per heavy atom. The molecular weight excluding hydrogens is 1410 g/mol. The summed E-state index contributed by atoms with van der Waals surface area (Å²) in [5, 5.41) is 6.65. The molecule has 16 heteroatoms. The maximum atomic E-state index is 12.8. The molecule has 4 heterocycles. The van der Waals surface area contributed by atoms with Crippen molar-refractivity contribution < 1.29 is 136 Å². The zero-order valence-corrected chi connectivity index (χ0v) is 70.0. The van der Waals surface area contributed by atoms with Crippen molar-refractivity contribution in [1.82, 2.24) is 24.5 Å². The van der Waals surface area contributed by atoms with Crippen LogP contribution in [0.15, 0.2) is 146 Å². The maximum absolute atomic E-state index is 12.8. The van der Waals surface area contributed by atoms with Gasteiger partial charge in [0.2, 0.25) is 35.4 Å². The van der Waals surface area contributed by atoms with Crippen LogP contribution in [0, 0.1) is 48.8 Å². The van der Waals surface area contributed by atoms with Gasteiger partial charge in [-0.2, -0.15) is 6.92 Å². The molecular formula is C79H107N5O8Y3-6. The van der Waals surface area contributed by atoms with E-state index in [0.717, 1.165) is 70.3 Å². The van der Waals surface area contributed by atoms with Crippen molar-refractivity contribution in [2.75, 3.05) is 13.2 Å². The van der Waals surface area contributed by atoms with Crippen LogP contribution in [-0.2, 0) is 98.1 Å². The summed E-state index contributed by atoms with van der Waals surface area (Å²) in [6.45, 7) is 46.8. The van der Waals surface area contributed by atoms with E-state index in [9.17, 15) is 38.4 Å². The number of hydrogen-bond donors (Lipinski definition) is 0. The Bertz CT molecular complexity index is 3190. The van der Waals surface area contributed by atoms with Gasteiger partial charge in [0.15, 0.2) is 0 Å². The third-order valence-electron chi connectivity index (χ3n) is 12.9. The summed E-state index contributed by atoms with van der Waals surface area (Å²) in [5.41, 5.74) is 4.50. The first-order valence-electron chi connectivity index (χ1n) is 31.8. The molecule has 0 bridgehead atoms. The minimum absolute atomic E-state index is 0. The smallest absolute Gasteiger partial charge is 0.262 e. The summed E-state index contributed by atoms with van der Waals surface area (Å²) in [4.78, 5) is 103. The van der Waals surface area contributed by atoms with Crippen molar-refractivity contribution in [3.8, 4) is 0 Å². The molecule has 4 aliphatic rings. The Hall–Kier alpha value is -5.37. The Labute approximate surface area is 648 Å². The molecule has 95 heavy (non-hydrogen) atoms. The van der Waals surface area contributed by atoms with Crippen molar-refractivity contribution in [3.05, 3.63) is 233 Å². The Balaban J connectivity index is -0.000000252. The fourth-order valence-electron chi connectivity index (χ4n) is 9.26. The number of benzene rings is 8. The van der Waals surface area contributed by atoms with E-state index < -0.39 is 0 Å². The van der Waals surface area contributed by atoms with Crippen molar-refractivity contribution in [1.29, 1.82) is 0 Å². The van der Waals surface area contributed by atoms with Gasteiger partial charge in [0.25, 0.3) is 11.8 Å². The van der Waals surface area contributed by atoms with E-state index in [1.165, 1.54) is 4.90 Å². The van der Waals surface area contributed by atoms with Crippen LogP contribution in [0.3, 0.4) is 0 Å². The average Bonchev–Trinajstić information content (AvgIpc) is 0.800. The Morgan fingerprint density at radius 1 is 0.316 bits per heavy atom. The first-order chi connectivity index (χ1) is 43.4. The zero-order valence-electron chi connectivity index (χ0n) is 61.5. The van der Waals surface area contributed by atoms with Gasteiger partial charge >= 0.3 is 0 Å². The standard InChI is InChI=1S/C18H20N2O2.3C13H8NO2.C4H10.7C2H6.C2H5.2CH3.3Y/c1-4-19(12(2)3)11-20-17(21)14-9-5-7-13-8-6-10-15(16(13)14)18(20)22;3*1-14-12(15)9-6-2-4-8-5-3-7-10(11(8)9)13(14)16;1-4(2)3;8*1-2;;;;;/h5-10,12H,4,11H2,1-3H3;3*2-7H,1H2;4H,1-3H3;7*1-2H3;1H2,2H3;2*1H3;;;/q;3*-1;;;;;;;;;3*-1;;;. The second-order valence-electron chi connectivity index (χ2n) is 18.9. The van der Waals surface area contributed by atoms with Crippen molar-refractivity contribution in [3.63, 3.8) is 0 Å². The molecule has 3 radical (unpaired) electrons. The summed E-state index contributed by atoms with van der Waals surface area (Å²) in [5.74, 6) is -1.60. The summed E-state index contributed by atoms with van der Waals surface area (Å²) < 4.78 is 0. The third-order valence-corrected chi connectivity index (χ3v) is 12.9. The first-order valence-corrected chi connectivity index (χ1v) is 31.8. The molecule has 0 atom stereocenters. The van der Waals surface area contributed by atoms with Crippen LogP contribution in [-0.4, -0.2) is 91.0 Å². The molecule has 0 unspecified atom stereocenters. The minimum atomic E-state index is -0.339. The predicted octanol–water partition coefficient (Wildman–Crippen LogP) is 20.4. The molecule has 13 nitrogen and oxygen atoms in total. The predicted molar refractivity (Wildman–Crippen MR) is 390 cm³/mol. The van der Waals surface area contributed by atoms with E-state index >= 15 is 0 Å². The van der Waals surface area contributed by atoms with Gasteiger partial charge in [0.05, 0.1) is 6.67 Å². The summed E-state index contributed by atoms with van der Waals surface area (Å²) >= 11 is 0. The molecule has 0 fully saturated rings. The zero-order chi connectivity index (χ0) is 69.3. The Kier molecular flexibility index (Phi) is 55.9. The van der Waals surface area contributed by atoms with E-state index in [2.05, 4.69) is 67.6 Å². The summed E-state index contributed by atoms with van der Waals surface area (Å²) in [7, 11) is 10.4. The molecule has 0 aromatic heterocycles. The second kappa shape index (κ2) is 52.7. The van der Waals surface area contributed by atoms with Crippen molar-refractivity contribution in [2.45, 2.75) is 151 Å². The molecule has 0 saturated heterocycles. The average molecular weight is 1520 g/mol. The number of rotatable bonds is 4. The van der Waals surface area contributed by atoms with E-state index in [4.69, 9.17) is 0 Å². The molecule has 0 N–H and O–H groups in total. The maximum Gasteiger partial charge on any atom is 0.262 e. The third kappa shape index (κ3) is 24.5. The summed E-state index contributed by atoms with van der Waals surface area (Å²) in [6, 6.07) is 44.0. The largest absolute Gasteiger partial charge is 0.430 e. The van der Waals surface area contributed by atoms with Gasteiger partial charge in [-0.3, -0.25) is 48.2 Å². The van der Waals surface area contributed by atoms with Crippen LogP contribution >= 0.6 is 0 Å². The fourth-order valence-corrected chi connectivity index (χ4v) is 9.26. The van der Waals surface area contributed by atoms with Gasteiger partial charge in [-0.15, -0.1) is 0 Å². The number of carbonyl (C=O) groups is 8. The van der Waals surface area contributed by atoms with Crippen LogP contribution in [0.4, 0.5) is 0 Å². The molecule has 0 aliphatic carbocycles. The molecule has 0 saturated carbocycles. The molecule has 0 spiro atoms. The van der Waals surface area contributed by atoms with Crippen LogP contribution in [0.25, 0.3) is 43.1 Å². The van der Waals surface area contributed by atoms with Gasteiger partial charge in [-0.1, -0.05) is 222 Å². The van der Waals surface area contributed by atoms with Gasteiger partial charge in [-0.25, -0.2) is 21.1 Å². The number of hydrogen-bond acceptors (Lipinski definition) is 9. The monoisotopic (exact) mass is 1520 g/mol. The number of nitrogens with zero attached hydrogens (tertiary/aromatic N) is 5. The number of imide groups is 4. The molecule has 8 amide bonds. The van der Waals surface area contributed by atoms with E-state index in [-0.39, 0.29) is 166 Å². The van der Waals surface area contributed by atoms with Crippen molar-refractivity contribution >= 4 is 90.3 Å².